The summed E-state index contributed by atoms with van der Waals surface area (Å²) in [5, 5.41) is 21.5. The number of hydrogen-bond donors (Lipinski definition) is 1. The molecule has 158 valence electrons. The zero-order valence-electron chi connectivity index (χ0n) is 17.5. The first kappa shape index (κ1) is 20.6. The summed E-state index contributed by atoms with van der Waals surface area (Å²) in [6.07, 6.45) is 1.81. The molecule has 2 aliphatic rings. The molecule has 2 heterocycles. The van der Waals surface area contributed by atoms with E-state index < -0.39 is 0 Å². The Balaban J connectivity index is 1.24. The zero-order valence-corrected chi connectivity index (χ0v) is 17.5. The normalized spacial score (nSPS) is 17.0. The lowest BCUT2D eigenvalue weighted by molar-refractivity contribution is 0.188. The highest BCUT2D eigenvalue weighted by atomic mass is 16.2. The number of para-hydroxylation sites is 1. The molecule has 7 nitrogen and oxygen atoms in total. The summed E-state index contributed by atoms with van der Waals surface area (Å²) in [5.74, 6) is 0. The van der Waals surface area contributed by atoms with Crippen molar-refractivity contribution >= 4 is 17.4 Å². The Labute approximate surface area is 183 Å². The second-order valence-electron chi connectivity index (χ2n) is 7.97. The molecule has 2 aromatic rings. The van der Waals surface area contributed by atoms with Crippen LogP contribution in [0.5, 0.6) is 0 Å². The molecule has 4 rings (SSSR count). The Bertz CT molecular complexity index is 990. The first-order chi connectivity index (χ1) is 15.2. The summed E-state index contributed by atoms with van der Waals surface area (Å²) in [5.41, 5.74) is 3.41. The lowest BCUT2D eigenvalue weighted by Gasteiger charge is -2.38. The van der Waals surface area contributed by atoms with Gasteiger partial charge in [-0.3, -0.25) is 0 Å². The highest BCUT2D eigenvalue weighted by Crippen LogP contribution is 2.22. The molecule has 0 atom stereocenters. The molecular formula is C24H26N6O. The van der Waals surface area contributed by atoms with Gasteiger partial charge in [-0.1, -0.05) is 12.1 Å². The number of nitriles is 2. The fraction of sp³-hybridized carbons (Fsp3) is 0.375. The molecule has 0 saturated carbocycles. The number of nitrogens with zero attached hydrogens (tertiary/aromatic N) is 5. The van der Waals surface area contributed by atoms with E-state index >= 15 is 0 Å². The predicted octanol–water partition coefficient (Wildman–Crippen LogP) is 2.93. The van der Waals surface area contributed by atoms with Crippen molar-refractivity contribution in [3.8, 4) is 12.1 Å². The lowest BCUT2D eigenvalue weighted by atomic mass is 10.0. The summed E-state index contributed by atoms with van der Waals surface area (Å²) in [6.45, 7) is 4.52. The summed E-state index contributed by atoms with van der Waals surface area (Å²) in [4.78, 5) is 19.1. The van der Waals surface area contributed by atoms with Crippen LogP contribution in [0.15, 0.2) is 48.5 Å². The van der Waals surface area contributed by atoms with Gasteiger partial charge in [0.25, 0.3) is 0 Å². The van der Waals surface area contributed by atoms with Crippen molar-refractivity contribution in [2.45, 2.75) is 18.9 Å². The van der Waals surface area contributed by atoms with E-state index in [0.717, 1.165) is 50.4 Å². The van der Waals surface area contributed by atoms with Gasteiger partial charge in [0.15, 0.2) is 0 Å². The Morgan fingerprint density at radius 1 is 0.839 bits per heavy atom. The van der Waals surface area contributed by atoms with Crippen LogP contribution >= 0.6 is 0 Å². The van der Waals surface area contributed by atoms with Gasteiger partial charge < -0.3 is 20.0 Å². The number of hydrogen-bond acceptors (Lipinski definition) is 5. The van der Waals surface area contributed by atoms with E-state index in [2.05, 4.69) is 27.3 Å². The number of carbonyl (C=O) groups is 1. The van der Waals surface area contributed by atoms with E-state index in [-0.39, 0.29) is 12.1 Å². The van der Waals surface area contributed by atoms with Gasteiger partial charge in [-0.2, -0.15) is 10.5 Å². The number of carbonyl (C=O) groups excluding carboxylic acids is 1. The van der Waals surface area contributed by atoms with Gasteiger partial charge in [-0.15, -0.1) is 0 Å². The Morgan fingerprint density at radius 3 is 2.16 bits per heavy atom. The van der Waals surface area contributed by atoms with Crippen LogP contribution in [0.3, 0.4) is 0 Å². The summed E-state index contributed by atoms with van der Waals surface area (Å²) < 4.78 is 0. The molecule has 2 fully saturated rings. The molecule has 2 amide bonds. The van der Waals surface area contributed by atoms with E-state index in [4.69, 9.17) is 5.26 Å². The first-order valence-corrected chi connectivity index (χ1v) is 10.7. The number of piperazine rings is 1. The fourth-order valence-electron chi connectivity index (χ4n) is 4.29. The fourth-order valence-corrected chi connectivity index (χ4v) is 4.29. The highest BCUT2D eigenvalue weighted by Gasteiger charge is 2.26. The smallest absolute Gasteiger partial charge is 0.317 e. The van der Waals surface area contributed by atoms with Crippen molar-refractivity contribution in [1.29, 1.82) is 10.5 Å². The summed E-state index contributed by atoms with van der Waals surface area (Å²) in [7, 11) is 0. The average Bonchev–Trinajstić information content (AvgIpc) is 2.84. The Hall–Kier alpha value is -3.71. The number of amides is 2. The third kappa shape index (κ3) is 4.73. The van der Waals surface area contributed by atoms with Crippen LogP contribution in [-0.2, 0) is 0 Å². The third-order valence-corrected chi connectivity index (χ3v) is 6.12. The average molecular weight is 415 g/mol. The van der Waals surface area contributed by atoms with Crippen molar-refractivity contribution < 1.29 is 4.79 Å². The molecular weight excluding hydrogens is 388 g/mol. The van der Waals surface area contributed by atoms with E-state index in [9.17, 15) is 10.1 Å². The maximum atomic E-state index is 12.8. The van der Waals surface area contributed by atoms with E-state index in [1.807, 2.05) is 53.4 Å². The lowest BCUT2D eigenvalue weighted by Crippen LogP contribution is -2.55. The largest absolute Gasteiger partial charge is 0.371 e. The van der Waals surface area contributed by atoms with Gasteiger partial charge >= 0.3 is 6.03 Å². The first-order valence-electron chi connectivity index (χ1n) is 10.7. The van der Waals surface area contributed by atoms with Crippen LogP contribution in [-0.4, -0.2) is 56.2 Å². The van der Waals surface area contributed by atoms with Crippen molar-refractivity contribution in [3.05, 3.63) is 59.7 Å². The minimum atomic E-state index is 0.00467. The van der Waals surface area contributed by atoms with Gasteiger partial charge in [-0.05, 0) is 49.2 Å². The van der Waals surface area contributed by atoms with Crippen molar-refractivity contribution in [2.75, 3.05) is 49.1 Å². The molecule has 31 heavy (non-hydrogen) atoms. The van der Waals surface area contributed by atoms with Crippen LogP contribution in [0, 0.1) is 22.7 Å². The minimum absolute atomic E-state index is 0.00467. The summed E-state index contributed by atoms with van der Waals surface area (Å²) >= 11 is 0. The van der Waals surface area contributed by atoms with Crippen molar-refractivity contribution in [3.63, 3.8) is 0 Å². The molecule has 0 unspecified atom stereocenters. The molecule has 1 N–H and O–H groups in total. The van der Waals surface area contributed by atoms with Crippen LogP contribution in [0.2, 0.25) is 0 Å². The second-order valence-corrected chi connectivity index (χ2v) is 7.97. The number of piperidine rings is 1. The summed E-state index contributed by atoms with van der Waals surface area (Å²) in [6, 6.07) is 19.9. The molecule has 2 aromatic carbocycles. The zero-order chi connectivity index (χ0) is 21.6. The Morgan fingerprint density at radius 2 is 1.52 bits per heavy atom. The van der Waals surface area contributed by atoms with Crippen LogP contribution < -0.4 is 15.1 Å². The molecule has 7 heteroatoms. The van der Waals surface area contributed by atoms with Crippen LogP contribution in [0.25, 0.3) is 0 Å². The molecule has 2 saturated heterocycles. The molecule has 0 aliphatic carbocycles. The number of nitrogens with one attached hydrogen (secondary N) is 1. The standard InChI is InChI=1S/C24H26N6O/c25-17-19-5-7-22(8-6-19)28-11-9-21(10-12-28)27-24(31)30-15-13-29(14-16-30)23-4-2-1-3-20(23)18-26/h1-8,21H,9-16H2,(H,27,31). The topological polar surface area (TPSA) is 86.4 Å². The van der Waals surface area contributed by atoms with E-state index in [1.54, 1.807) is 0 Å². The molecule has 0 radical (unpaired) electrons. The number of urea groups is 1. The third-order valence-electron chi connectivity index (χ3n) is 6.12. The maximum Gasteiger partial charge on any atom is 0.317 e. The number of rotatable bonds is 3. The van der Waals surface area contributed by atoms with E-state index in [0.29, 0.717) is 24.2 Å². The second kappa shape index (κ2) is 9.40. The number of anilines is 2. The predicted molar refractivity (Wildman–Crippen MR) is 120 cm³/mol. The SMILES string of the molecule is N#Cc1ccc(N2CCC(NC(=O)N3CCN(c4ccccc4C#N)CC3)CC2)cc1. The minimum Gasteiger partial charge on any atom is -0.371 e. The van der Waals surface area contributed by atoms with E-state index in [1.165, 1.54) is 0 Å². The number of benzene rings is 2. The van der Waals surface area contributed by atoms with Gasteiger partial charge in [0.05, 0.1) is 22.9 Å². The van der Waals surface area contributed by atoms with Crippen molar-refractivity contribution in [2.24, 2.45) is 0 Å². The molecule has 0 bridgehead atoms. The Kier molecular flexibility index (Phi) is 6.24. The van der Waals surface area contributed by atoms with Gasteiger partial charge in [0, 0.05) is 51.0 Å². The van der Waals surface area contributed by atoms with Crippen LogP contribution in [0.4, 0.5) is 16.2 Å². The van der Waals surface area contributed by atoms with Gasteiger partial charge in [0.2, 0.25) is 0 Å². The quantitative estimate of drug-likeness (QED) is 0.835. The molecule has 0 spiro atoms. The highest BCUT2D eigenvalue weighted by molar-refractivity contribution is 5.75. The van der Waals surface area contributed by atoms with Crippen LogP contribution in [0.1, 0.15) is 24.0 Å². The van der Waals surface area contributed by atoms with Gasteiger partial charge in [0.1, 0.15) is 6.07 Å². The molecule has 2 aliphatic heterocycles. The maximum absolute atomic E-state index is 12.8. The van der Waals surface area contributed by atoms with Crippen molar-refractivity contribution in [1.82, 2.24) is 10.2 Å². The van der Waals surface area contributed by atoms with Gasteiger partial charge in [-0.25, -0.2) is 4.79 Å². The molecule has 0 aromatic heterocycles. The monoisotopic (exact) mass is 414 g/mol.